The van der Waals surface area contributed by atoms with Crippen LogP contribution in [-0.4, -0.2) is 23.4 Å². The first kappa shape index (κ1) is 17.8. The minimum absolute atomic E-state index is 0.0725. The van der Waals surface area contributed by atoms with E-state index in [1.165, 1.54) is 12.7 Å². The molecule has 0 unspecified atom stereocenters. The Kier molecular flexibility index (Phi) is 4.81. The predicted molar refractivity (Wildman–Crippen MR) is 111 cm³/mol. The van der Waals surface area contributed by atoms with Crippen LogP contribution in [0.25, 0.3) is 22.6 Å². The summed E-state index contributed by atoms with van der Waals surface area (Å²) in [5, 5.41) is 10.1. The normalized spacial score (nSPS) is 11.4. The average molecular weight is 372 g/mol. The molecule has 0 fully saturated rings. The molecule has 1 heterocycles. The predicted octanol–water partition coefficient (Wildman–Crippen LogP) is 5.52. The van der Waals surface area contributed by atoms with E-state index >= 15 is 0 Å². The van der Waals surface area contributed by atoms with Crippen LogP contribution in [0.15, 0.2) is 70.1 Å². The van der Waals surface area contributed by atoms with Gasteiger partial charge in [-0.3, -0.25) is 4.99 Å². The molecule has 0 aliphatic rings. The Balaban J connectivity index is 1.57. The number of aromatic nitrogens is 1. The van der Waals surface area contributed by atoms with Gasteiger partial charge in [-0.1, -0.05) is 19.1 Å². The van der Waals surface area contributed by atoms with Crippen LogP contribution in [0.2, 0.25) is 0 Å². The highest BCUT2D eigenvalue weighted by Gasteiger charge is 2.09. The fourth-order valence-electron chi connectivity index (χ4n) is 2.96. The Morgan fingerprint density at radius 3 is 2.68 bits per heavy atom. The minimum atomic E-state index is 0.0725. The van der Waals surface area contributed by atoms with E-state index in [9.17, 15) is 5.11 Å². The van der Waals surface area contributed by atoms with E-state index in [-0.39, 0.29) is 5.75 Å². The summed E-state index contributed by atoms with van der Waals surface area (Å²) in [6.45, 7) is 2.12. The van der Waals surface area contributed by atoms with Crippen LogP contribution in [-0.2, 0) is 6.42 Å². The smallest absolute Gasteiger partial charge is 0.227 e. The summed E-state index contributed by atoms with van der Waals surface area (Å²) in [6.07, 6.45) is 2.58. The number of hydrogen-bond acceptors (Lipinski definition) is 5. The number of rotatable bonds is 5. The zero-order chi connectivity index (χ0) is 19.5. The lowest BCUT2D eigenvalue weighted by atomic mass is 10.1. The van der Waals surface area contributed by atoms with E-state index in [1.807, 2.05) is 30.3 Å². The van der Waals surface area contributed by atoms with Crippen molar-refractivity contribution in [2.24, 2.45) is 4.99 Å². The fraction of sp³-hybridized carbons (Fsp3) is 0.130. The zero-order valence-electron chi connectivity index (χ0n) is 15.7. The first-order chi connectivity index (χ1) is 13.7. The second-order valence-electron chi connectivity index (χ2n) is 6.38. The van der Waals surface area contributed by atoms with Gasteiger partial charge in [-0.25, -0.2) is 4.98 Å². The van der Waals surface area contributed by atoms with E-state index in [2.05, 4.69) is 29.0 Å². The quantitative estimate of drug-likeness (QED) is 0.468. The van der Waals surface area contributed by atoms with E-state index in [0.717, 1.165) is 28.8 Å². The molecule has 0 radical (unpaired) electrons. The van der Waals surface area contributed by atoms with Crippen LogP contribution in [0.3, 0.4) is 0 Å². The number of oxazole rings is 1. The van der Waals surface area contributed by atoms with E-state index in [0.29, 0.717) is 17.2 Å². The number of ether oxygens (including phenoxy) is 1. The molecule has 4 rings (SSSR count). The molecule has 1 aromatic heterocycles. The maximum Gasteiger partial charge on any atom is 0.227 e. The lowest BCUT2D eigenvalue weighted by Gasteiger charge is -2.04. The van der Waals surface area contributed by atoms with Gasteiger partial charge in [0, 0.05) is 17.3 Å². The number of aryl methyl sites for hydroxylation is 1. The van der Waals surface area contributed by atoms with Gasteiger partial charge >= 0.3 is 0 Å². The van der Waals surface area contributed by atoms with Crippen molar-refractivity contribution in [2.75, 3.05) is 7.11 Å². The van der Waals surface area contributed by atoms with Crippen molar-refractivity contribution >= 4 is 23.0 Å². The van der Waals surface area contributed by atoms with E-state index < -0.39 is 0 Å². The van der Waals surface area contributed by atoms with Crippen molar-refractivity contribution in [1.82, 2.24) is 4.98 Å². The molecule has 0 amide bonds. The number of benzene rings is 3. The third-order valence-corrected chi connectivity index (χ3v) is 4.58. The molecule has 3 aromatic carbocycles. The molecule has 0 aliphatic carbocycles. The van der Waals surface area contributed by atoms with Crippen molar-refractivity contribution in [1.29, 1.82) is 0 Å². The van der Waals surface area contributed by atoms with Crippen molar-refractivity contribution < 1.29 is 14.3 Å². The zero-order valence-corrected chi connectivity index (χ0v) is 15.7. The highest BCUT2D eigenvalue weighted by Crippen LogP contribution is 2.29. The van der Waals surface area contributed by atoms with Crippen molar-refractivity contribution in [2.45, 2.75) is 13.3 Å². The highest BCUT2D eigenvalue weighted by molar-refractivity contribution is 5.86. The molecule has 0 aliphatic heterocycles. The summed E-state index contributed by atoms with van der Waals surface area (Å²) in [6, 6.07) is 19.0. The molecule has 0 bridgehead atoms. The second-order valence-corrected chi connectivity index (χ2v) is 6.38. The van der Waals surface area contributed by atoms with Gasteiger partial charge in [0.2, 0.25) is 5.89 Å². The number of aromatic hydroxyl groups is 1. The van der Waals surface area contributed by atoms with Crippen LogP contribution in [0.4, 0.5) is 5.69 Å². The van der Waals surface area contributed by atoms with Crippen LogP contribution in [0.1, 0.15) is 18.1 Å². The number of methoxy groups -OCH3 is 1. The van der Waals surface area contributed by atoms with Crippen LogP contribution < -0.4 is 4.74 Å². The Labute approximate surface area is 163 Å². The maximum absolute atomic E-state index is 10.1. The first-order valence-corrected chi connectivity index (χ1v) is 9.08. The topological polar surface area (TPSA) is 67.9 Å². The molecule has 0 spiro atoms. The van der Waals surface area contributed by atoms with Crippen LogP contribution >= 0.6 is 0 Å². The van der Waals surface area contributed by atoms with Crippen molar-refractivity contribution in [3.8, 4) is 23.0 Å². The molecular weight excluding hydrogens is 352 g/mol. The van der Waals surface area contributed by atoms with Gasteiger partial charge in [0.1, 0.15) is 5.52 Å². The van der Waals surface area contributed by atoms with Gasteiger partial charge in [0.25, 0.3) is 0 Å². The lowest BCUT2D eigenvalue weighted by molar-refractivity contribution is 0.373. The minimum Gasteiger partial charge on any atom is -0.504 e. The van der Waals surface area contributed by atoms with Crippen LogP contribution in [0.5, 0.6) is 11.5 Å². The van der Waals surface area contributed by atoms with Crippen molar-refractivity contribution in [3.63, 3.8) is 0 Å². The molecule has 140 valence electrons. The summed E-state index contributed by atoms with van der Waals surface area (Å²) in [5.74, 6) is 1.08. The summed E-state index contributed by atoms with van der Waals surface area (Å²) in [5.41, 5.74) is 5.12. The Morgan fingerprint density at radius 1 is 1.11 bits per heavy atom. The highest BCUT2D eigenvalue weighted by atomic mass is 16.5. The maximum atomic E-state index is 10.1. The van der Waals surface area contributed by atoms with Gasteiger partial charge in [-0.05, 0) is 60.5 Å². The molecule has 5 heteroatoms. The number of fused-ring (bicyclic) bond motifs is 1. The molecule has 0 saturated carbocycles. The third kappa shape index (κ3) is 3.47. The Bertz CT molecular complexity index is 1140. The molecule has 4 aromatic rings. The Hall–Kier alpha value is -3.60. The van der Waals surface area contributed by atoms with Gasteiger partial charge in [-0.2, -0.15) is 0 Å². The van der Waals surface area contributed by atoms with Gasteiger partial charge in [0.15, 0.2) is 17.1 Å². The van der Waals surface area contributed by atoms with Gasteiger partial charge < -0.3 is 14.3 Å². The standard InChI is InChI=1S/C23H20N2O3/c1-3-15-7-12-20-19(13-15)25-23(28-20)16-8-10-18(11-9-16)24-14-17-5-4-6-21(27-2)22(17)26/h4-14,26H,3H2,1-2H3. The fourth-order valence-corrected chi connectivity index (χ4v) is 2.96. The summed E-state index contributed by atoms with van der Waals surface area (Å²) in [4.78, 5) is 9.01. The monoisotopic (exact) mass is 372 g/mol. The summed E-state index contributed by atoms with van der Waals surface area (Å²) < 4.78 is 11.0. The summed E-state index contributed by atoms with van der Waals surface area (Å²) in [7, 11) is 1.52. The molecule has 0 atom stereocenters. The molecular formula is C23H20N2O3. The molecule has 5 nitrogen and oxygen atoms in total. The number of phenols is 1. The largest absolute Gasteiger partial charge is 0.504 e. The van der Waals surface area contributed by atoms with Crippen LogP contribution in [0, 0.1) is 0 Å². The molecule has 0 saturated heterocycles. The van der Waals surface area contributed by atoms with E-state index in [1.54, 1.807) is 24.4 Å². The van der Waals surface area contributed by atoms with Gasteiger partial charge in [0.05, 0.1) is 12.8 Å². The first-order valence-electron chi connectivity index (χ1n) is 9.08. The third-order valence-electron chi connectivity index (χ3n) is 4.58. The number of hydrogen-bond donors (Lipinski definition) is 1. The summed E-state index contributed by atoms with van der Waals surface area (Å²) >= 11 is 0. The van der Waals surface area contributed by atoms with E-state index in [4.69, 9.17) is 9.15 Å². The number of aliphatic imine (C=N–C) groups is 1. The SMILES string of the molecule is CCc1ccc2oc(-c3ccc(N=Cc4cccc(OC)c4O)cc3)nc2c1. The lowest BCUT2D eigenvalue weighted by Crippen LogP contribution is -1.88. The Morgan fingerprint density at radius 2 is 1.93 bits per heavy atom. The van der Waals surface area contributed by atoms with Gasteiger partial charge in [-0.15, -0.1) is 0 Å². The number of nitrogens with zero attached hydrogens (tertiary/aromatic N) is 2. The molecule has 28 heavy (non-hydrogen) atoms. The second kappa shape index (κ2) is 7.56. The number of phenolic OH excluding ortho intramolecular Hbond substituents is 1. The average Bonchev–Trinajstić information content (AvgIpc) is 3.16. The molecule has 1 N–H and O–H groups in total. The number of para-hydroxylation sites is 1. The van der Waals surface area contributed by atoms with Crippen molar-refractivity contribution in [3.05, 3.63) is 71.8 Å².